The third-order valence-corrected chi connectivity index (χ3v) is 1.71. The Kier molecular flexibility index (Phi) is 5.22. The number of rotatable bonds is 3. The molecule has 0 spiro atoms. The van der Waals surface area contributed by atoms with Gasteiger partial charge in [-0.3, -0.25) is 0 Å². The van der Waals surface area contributed by atoms with E-state index in [4.69, 9.17) is 0 Å². The third-order valence-electron chi connectivity index (χ3n) is 0.806. The smallest absolute Gasteiger partial charge is 0.161 e. The standard InChI is InChI=1S/C7H9F3S/c1-2-11-6-4-3-5-7(8,9)10/h2,4,6H2,1H3. The van der Waals surface area contributed by atoms with E-state index in [1.165, 1.54) is 5.92 Å². The maximum Gasteiger partial charge on any atom is 0.457 e. The zero-order chi connectivity index (χ0) is 8.74. The van der Waals surface area contributed by atoms with Gasteiger partial charge in [0, 0.05) is 18.1 Å². The number of hydrogen-bond donors (Lipinski definition) is 0. The zero-order valence-corrected chi connectivity index (χ0v) is 6.98. The minimum atomic E-state index is -4.32. The van der Waals surface area contributed by atoms with Crippen molar-refractivity contribution in [2.45, 2.75) is 19.5 Å². The van der Waals surface area contributed by atoms with Gasteiger partial charge < -0.3 is 0 Å². The van der Waals surface area contributed by atoms with Crippen molar-refractivity contribution in [3.63, 3.8) is 0 Å². The Morgan fingerprint density at radius 3 is 2.45 bits per heavy atom. The Morgan fingerprint density at radius 1 is 1.36 bits per heavy atom. The molecular formula is C7H9F3S. The number of alkyl halides is 3. The number of thioether (sulfide) groups is 1. The maximum absolute atomic E-state index is 11.4. The van der Waals surface area contributed by atoms with Crippen LogP contribution in [-0.4, -0.2) is 17.7 Å². The summed E-state index contributed by atoms with van der Waals surface area (Å²) in [5, 5.41) is 0. The molecule has 11 heavy (non-hydrogen) atoms. The van der Waals surface area contributed by atoms with Crippen molar-refractivity contribution < 1.29 is 13.2 Å². The molecule has 0 aliphatic carbocycles. The summed E-state index contributed by atoms with van der Waals surface area (Å²) in [6.07, 6.45) is -4.01. The largest absolute Gasteiger partial charge is 0.457 e. The summed E-state index contributed by atoms with van der Waals surface area (Å²) in [7, 11) is 0. The summed E-state index contributed by atoms with van der Waals surface area (Å²) < 4.78 is 34.2. The fourth-order valence-corrected chi connectivity index (χ4v) is 0.965. The van der Waals surface area contributed by atoms with Crippen LogP contribution in [0.25, 0.3) is 0 Å². The highest BCUT2D eigenvalue weighted by Gasteiger charge is 2.22. The van der Waals surface area contributed by atoms with Gasteiger partial charge in [-0.1, -0.05) is 12.8 Å². The van der Waals surface area contributed by atoms with Gasteiger partial charge in [-0.15, -0.1) is 0 Å². The fourth-order valence-electron chi connectivity index (χ4n) is 0.430. The number of hydrogen-bond acceptors (Lipinski definition) is 1. The third kappa shape index (κ3) is 9.70. The quantitative estimate of drug-likeness (QED) is 0.477. The molecule has 0 aromatic rings. The lowest BCUT2D eigenvalue weighted by Gasteiger charge is -1.92. The van der Waals surface area contributed by atoms with E-state index in [0.717, 1.165) is 5.75 Å². The molecular weight excluding hydrogens is 173 g/mol. The highest BCUT2D eigenvalue weighted by atomic mass is 32.2. The van der Waals surface area contributed by atoms with Crippen LogP contribution in [0.3, 0.4) is 0 Å². The molecule has 0 saturated heterocycles. The summed E-state index contributed by atoms with van der Waals surface area (Å²) in [6, 6.07) is 0. The topological polar surface area (TPSA) is 0 Å². The van der Waals surface area contributed by atoms with E-state index in [-0.39, 0.29) is 0 Å². The van der Waals surface area contributed by atoms with Crippen molar-refractivity contribution in [2.75, 3.05) is 11.5 Å². The van der Waals surface area contributed by atoms with E-state index < -0.39 is 6.18 Å². The normalized spacial score (nSPS) is 10.5. The first-order valence-electron chi connectivity index (χ1n) is 3.20. The van der Waals surface area contributed by atoms with Crippen molar-refractivity contribution >= 4 is 11.8 Å². The second-order valence-electron chi connectivity index (χ2n) is 1.75. The maximum atomic E-state index is 11.4. The first kappa shape index (κ1) is 10.7. The van der Waals surface area contributed by atoms with Crippen molar-refractivity contribution in [2.24, 2.45) is 0 Å². The number of halogens is 3. The Morgan fingerprint density at radius 2 is 2.00 bits per heavy atom. The minimum Gasteiger partial charge on any atom is -0.161 e. The van der Waals surface area contributed by atoms with E-state index in [1.807, 2.05) is 6.92 Å². The van der Waals surface area contributed by atoms with Crippen LogP contribution in [0.5, 0.6) is 0 Å². The predicted molar refractivity (Wildman–Crippen MR) is 41.4 cm³/mol. The van der Waals surface area contributed by atoms with Crippen molar-refractivity contribution in [1.29, 1.82) is 0 Å². The van der Waals surface area contributed by atoms with Gasteiger partial charge in [0.2, 0.25) is 0 Å². The minimum absolute atomic E-state index is 0.317. The van der Waals surface area contributed by atoms with E-state index in [0.29, 0.717) is 12.2 Å². The molecule has 0 atom stereocenters. The molecule has 4 heteroatoms. The molecule has 0 rings (SSSR count). The van der Waals surface area contributed by atoms with Crippen LogP contribution in [0.4, 0.5) is 13.2 Å². The molecule has 0 nitrogen and oxygen atoms in total. The van der Waals surface area contributed by atoms with E-state index >= 15 is 0 Å². The fraction of sp³-hybridized carbons (Fsp3) is 0.714. The highest BCUT2D eigenvalue weighted by molar-refractivity contribution is 7.99. The van der Waals surface area contributed by atoms with Crippen molar-refractivity contribution in [3.8, 4) is 11.8 Å². The molecule has 0 amide bonds. The first-order chi connectivity index (χ1) is 5.06. The van der Waals surface area contributed by atoms with Gasteiger partial charge in [-0.05, 0) is 5.75 Å². The molecule has 0 aliphatic rings. The summed E-state index contributed by atoms with van der Waals surface area (Å²) in [6.45, 7) is 1.96. The van der Waals surface area contributed by atoms with Gasteiger partial charge in [0.15, 0.2) is 0 Å². The SMILES string of the molecule is CCSCCC#CC(F)(F)F. The summed E-state index contributed by atoms with van der Waals surface area (Å²) in [5.74, 6) is 4.89. The average molecular weight is 182 g/mol. The van der Waals surface area contributed by atoms with Gasteiger partial charge in [0.1, 0.15) is 0 Å². The molecule has 64 valence electrons. The molecule has 0 saturated carbocycles. The highest BCUT2D eigenvalue weighted by Crippen LogP contribution is 2.12. The van der Waals surface area contributed by atoms with Gasteiger partial charge >= 0.3 is 6.18 Å². The zero-order valence-electron chi connectivity index (χ0n) is 6.16. The van der Waals surface area contributed by atoms with Crippen LogP contribution in [0.15, 0.2) is 0 Å². The molecule has 0 N–H and O–H groups in total. The van der Waals surface area contributed by atoms with Gasteiger partial charge in [-0.25, -0.2) is 0 Å². The van der Waals surface area contributed by atoms with Gasteiger partial charge in [-0.2, -0.15) is 24.9 Å². The van der Waals surface area contributed by atoms with Crippen LogP contribution in [0.2, 0.25) is 0 Å². The summed E-state index contributed by atoms with van der Waals surface area (Å²) in [4.78, 5) is 0. The molecule has 0 aromatic heterocycles. The lowest BCUT2D eigenvalue weighted by Crippen LogP contribution is -2.01. The van der Waals surface area contributed by atoms with Crippen LogP contribution in [0.1, 0.15) is 13.3 Å². The lowest BCUT2D eigenvalue weighted by molar-refractivity contribution is -0.0697. The molecule has 0 fully saturated rings. The Hall–Kier alpha value is -0.300. The van der Waals surface area contributed by atoms with Gasteiger partial charge in [0.25, 0.3) is 0 Å². The average Bonchev–Trinajstić information content (AvgIpc) is 1.85. The monoisotopic (exact) mass is 182 g/mol. The van der Waals surface area contributed by atoms with Crippen LogP contribution >= 0.6 is 11.8 Å². The molecule has 0 bridgehead atoms. The lowest BCUT2D eigenvalue weighted by atomic mass is 10.4. The molecule has 0 radical (unpaired) electrons. The van der Waals surface area contributed by atoms with Crippen LogP contribution in [0, 0.1) is 11.8 Å². The Labute approximate surface area is 68.5 Å². The van der Waals surface area contributed by atoms with Crippen molar-refractivity contribution in [1.82, 2.24) is 0 Å². The summed E-state index contributed by atoms with van der Waals surface area (Å²) >= 11 is 1.59. The van der Waals surface area contributed by atoms with Crippen LogP contribution < -0.4 is 0 Å². The molecule has 0 aliphatic heterocycles. The van der Waals surface area contributed by atoms with Crippen LogP contribution in [-0.2, 0) is 0 Å². The Balaban J connectivity index is 3.41. The second kappa shape index (κ2) is 5.36. The Bertz CT molecular complexity index is 151. The van der Waals surface area contributed by atoms with E-state index in [1.54, 1.807) is 11.8 Å². The van der Waals surface area contributed by atoms with E-state index in [2.05, 4.69) is 5.92 Å². The molecule has 0 heterocycles. The van der Waals surface area contributed by atoms with E-state index in [9.17, 15) is 13.2 Å². The predicted octanol–water partition coefficient (Wildman–Crippen LogP) is 2.70. The molecule has 0 unspecified atom stereocenters. The van der Waals surface area contributed by atoms with Crippen molar-refractivity contribution in [3.05, 3.63) is 0 Å². The molecule has 0 aromatic carbocycles. The first-order valence-corrected chi connectivity index (χ1v) is 4.36. The summed E-state index contributed by atoms with van der Waals surface area (Å²) in [5.41, 5.74) is 0. The van der Waals surface area contributed by atoms with Gasteiger partial charge in [0.05, 0.1) is 0 Å². The second-order valence-corrected chi connectivity index (χ2v) is 3.14.